The Morgan fingerprint density at radius 1 is 1.00 bits per heavy atom. The molecular formula is C21H26N2O2. The van der Waals surface area contributed by atoms with Crippen LogP contribution in [0.25, 0.3) is 0 Å². The lowest BCUT2D eigenvalue weighted by atomic mass is 10.1. The van der Waals surface area contributed by atoms with Crippen molar-refractivity contribution in [3.05, 3.63) is 71.3 Å². The lowest BCUT2D eigenvalue weighted by Gasteiger charge is -2.14. The van der Waals surface area contributed by atoms with Gasteiger partial charge in [0.2, 0.25) is 5.91 Å². The minimum atomic E-state index is 0.0662. The van der Waals surface area contributed by atoms with Crippen LogP contribution in [0.1, 0.15) is 36.0 Å². The number of carbonyl (C=O) groups is 1. The maximum absolute atomic E-state index is 12.3. The van der Waals surface area contributed by atoms with Crippen LogP contribution in [0.15, 0.2) is 54.6 Å². The van der Waals surface area contributed by atoms with Crippen LogP contribution in [-0.2, 0) is 29.3 Å². The van der Waals surface area contributed by atoms with Gasteiger partial charge < -0.3 is 15.8 Å². The van der Waals surface area contributed by atoms with Gasteiger partial charge in [-0.15, -0.1) is 0 Å². The van der Waals surface area contributed by atoms with E-state index >= 15 is 0 Å². The summed E-state index contributed by atoms with van der Waals surface area (Å²) in [6.07, 6.45) is 2.64. The quantitative estimate of drug-likeness (QED) is 0.815. The number of ether oxygens (including phenoxy) is 1. The van der Waals surface area contributed by atoms with E-state index in [0.29, 0.717) is 19.8 Å². The molecule has 2 unspecified atom stereocenters. The summed E-state index contributed by atoms with van der Waals surface area (Å²) in [4.78, 5) is 12.3. The molecule has 1 saturated carbocycles. The molecule has 0 aliphatic heterocycles. The Balaban J connectivity index is 1.51. The number of carbonyl (C=O) groups excluding carboxylic acids is 1. The second-order valence-electron chi connectivity index (χ2n) is 6.73. The van der Waals surface area contributed by atoms with Gasteiger partial charge in [0.25, 0.3) is 0 Å². The monoisotopic (exact) mass is 338 g/mol. The van der Waals surface area contributed by atoms with Crippen molar-refractivity contribution in [1.29, 1.82) is 0 Å². The molecule has 1 amide bonds. The molecule has 0 radical (unpaired) electrons. The number of rotatable bonds is 7. The first kappa shape index (κ1) is 17.6. The smallest absolute Gasteiger partial charge is 0.223 e. The number of hydrogen-bond donors (Lipinski definition) is 2. The molecule has 2 aromatic rings. The van der Waals surface area contributed by atoms with Gasteiger partial charge in [-0.1, -0.05) is 54.6 Å². The summed E-state index contributed by atoms with van der Waals surface area (Å²) in [6.45, 7) is 1.66. The van der Waals surface area contributed by atoms with Gasteiger partial charge in [0.1, 0.15) is 0 Å². The van der Waals surface area contributed by atoms with E-state index in [2.05, 4.69) is 23.5 Å². The topological polar surface area (TPSA) is 64.4 Å². The van der Waals surface area contributed by atoms with Gasteiger partial charge in [-0.2, -0.15) is 0 Å². The molecule has 0 aromatic heterocycles. The fourth-order valence-electron chi connectivity index (χ4n) is 3.31. The highest BCUT2D eigenvalue weighted by Crippen LogP contribution is 2.24. The summed E-state index contributed by atoms with van der Waals surface area (Å²) in [7, 11) is 0. The Morgan fingerprint density at radius 3 is 2.44 bits per heavy atom. The molecule has 0 bridgehead atoms. The molecule has 0 saturated heterocycles. The zero-order valence-electron chi connectivity index (χ0n) is 14.5. The molecule has 132 valence electrons. The number of benzene rings is 2. The minimum Gasteiger partial charge on any atom is -0.372 e. The number of nitrogens with two attached hydrogens (primary N) is 1. The van der Waals surface area contributed by atoms with Crippen molar-refractivity contribution >= 4 is 5.91 Å². The molecule has 1 fully saturated rings. The molecule has 2 aromatic carbocycles. The largest absolute Gasteiger partial charge is 0.372 e. The van der Waals surface area contributed by atoms with E-state index < -0.39 is 0 Å². The van der Waals surface area contributed by atoms with Gasteiger partial charge in [0, 0.05) is 18.5 Å². The maximum atomic E-state index is 12.3. The lowest BCUT2D eigenvalue weighted by Crippen LogP contribution is -2.30. The SMILES string of the molecule is NC1CCC(C(=O)NCc2ccccc2COCc2ccccc2)C1. The van der Waals surface area contributed by atoms with Gasteiger partial charge in [-0.3, -0.25) is 4.79 Å². The molecule has 4 nitrogen and oxygen atoms in total. The summed E-state index contributed by atoms with van der Waals surface area (Å²) >= 11 is 0. The van der Waals surface area contributed by atoms with Crippen LogP contribution in [0.2, 0.25) is 0 Å². The van der Waals surface area contributed by atoms with Crippen molar-refractivity contribution in [3.8, 4) is 0 Å². The first-order valence-corrected chi connectivity index (χ1v) is 8.94. The molecule has 3 N–H and O–H groups in total. The van der Waals surface area contributed by atoms with Gasteiger partial charge >= 0.3 is 0 Å². The van der Waals surface area contributed by atoms with E-state index in [4.69, 9.17) is 10.5 Å². The second kappa shape index (κ2) is 8.79. The van der Waals surface area contributed by atoms with E-state index in [1.54, 1.807) is 0 Å². The zero-order chi connectivity index (χ0) is 17.5. The van der Waals surface area contributed by atoms with E-state index in [9.17, 15) is 4.79 Å². The fourth-order valence-corrected chi connectivity index (χ4v) is 3.31. The van der Waals surface area contributed by atoms with Crippen LogP contribution >= 0.6 is 0 Å². The first-order chi connectivity index (χ1) is 12.2. The first-order valence-electron chi connectivity index (χ1n) is 8.94. The molecule has 1 aliphatic carbocycles. The Kier molecular flexibility index (Phi) is 6.20. The van der Waals surface area contributed by atoms with Crippen LogP contribution in [-0.4, -0.2) is 11.9 Å². The lowest BCUT2D eigenvalue weighted by molar-refractivity contribution is -0.125. The summed E-state index contributed by atoms with van der Waals surface area (Å²) in [5, 5.41) is 3.06. The molecule has 4 heteroatoms. The van der Waals surface area contributed by atoms with Crippen molar-refractivity contribution in [2.24, 2.45) is 11.7 Å². The third kappa shape index (κ3) is 5.15. The normalized spacial score (nSPS) is 19.7. The van der Waals surface area contributed by atoms with Crippen molar-refractivity contribution in [3.63, 3.8) is 0 Å². The molecule has 0 spiro atoms. The van der Waals surface area contributed by atoms with Gasteiger partial charge in [-0.05, 0) is 36.0 Å². The number of nitrogens with one attached hydrogen (secondary N) is 1. The Hall–Kier alpha value is -2.17. The Morgan fingerprint density at radius 2 is 1.72 bits per heavy atom. The summed E-state index contributed by atoms with van der Waals surface area (Å²) in [5.74, 6) is 0.185. The third-order valence-corrected chi connectivity index (χ3v) is 4.78. The van der Waals surface area contributed by atoms with Gasteiger partial charge in [0.15, 0.2) is 0 Å². The van der Waals surface area contributed by atoms with Crippen molar-refractivity contribution in [2.75, 3.05) is 0 Å². The average Bonchev–Trinajstić information content (AvgIpc) is 3.08. The van der Waals surface area contributed by atoms with Gasteiger partial charge in [-0.25, -0.2) is 0 Å². The predicted octanol–water partition coefficient (Wildman–Crippen LogP) is 3.15. The van der Waals surface area contributed by atoms with Crippen LogP contribution in [0.5, 0.6) is 0 Å². The molecule has 25 heavy (non-hydrogen) atoms. The van der Waals surface area contributed by atoms with Crippen molar-refractivity contribution in [1.82, 2.24) is 5.32 Å². The second-order valence-corrected chi connectivity index (χ2v) is 6.73. The van der Waals surface area contributed by atoms with Crippen LogP contribution in [0, 0.1) is 5.92 Å². The van der Waals surface area contributed by atoms with E-state index in [1.165, 1.54) is 0 Å². The van der Waals surface area contributed by atoms with E-state index in [0.717, 1.165) is 36.0 Å². The number of amides is 1. The highest BCUT2D eigenvalue weighted by atomic mass is 16.5. The molecule has 1 aliphatic rings. The summed E-state index contributed by atoms with van der Waals surface area (Å²) in [5.41, 5.74) is 9.27. The highest BCUT2D eigenvalue weighted by molar-refractivity contribution is 5.79. The Labute approximate surface area is 149 Å². The average molecular weight is 338 g/mol. The maximum Gasteiger partial charge on any atom is 0.223 e. The zero-order valence-corrected chi connectivity index (χ0v) is 14.5. The molecule has 2 atom stereocenters. The Bertz CT molecular complexity index is 687. The van der Waals surface area contributed by atoms with E-state index in [-0.39, 0.29) is 17.9 Å². The van der Waals surface area contributed by atoms with Crippen LogP contribution in [0.4, 0.5) is 0 Å². The van der Waals surface area contributed by atoms with Crippen molar-refractivity contribution < 1.29 is 9.53 Å². The molecule has 0 heterocycles. The molecular weight excluding hydrogens is 312 g/mol. The standard InChI is InChI=1S/C21H26N2O2/c22-20-11-10-17(12-20)21(24)23-13-18-8-4-5-9-19(18)15-25-14-16-6-2-1-3-7-16/h1-9,17,20H,10-15,22H2,(H,23,24). The predicted molar refractivity (Wildman–Crippen MR) is 98.5 cm³/mol. The van der Waals surface area contributed by atoms with Crippen LogP contribution in [0.3, 0.4) is 0 Å². The van der Waals surface area contributed by atoms with Crippen LogP contribution < -0.4 is 11.1 Å². The van der Waals surface area contributed by atoms with Gasteiger partial charge in [0.05, 0.1) is 13.2 Å². The summed E-state index contributed by atoms with van der Waals surface area (Å²) in [6, 6.07) is 18.4. The highest BCUT2D eigenvalue weighted by Gasteiger charge is 2.27. The summed E-state index contributed by atoms with van der Waals surface area (Å²) < 4.78 is 5.84. The van der Waals surface area contributed by atoms with E-state index in [1.807, 2.05) is 36.4 Å². The molecule has 3 rings (SSSR count). The third-order valence-electron chi connectivity index (χ3n) is 4.78. The fraction of sp³-hybridized carbons (Fsp3) is 0.381. The van der Waals surface area contributed by atoms with Crippen molar-refractivity contribution in [2.45, 2.75) is 45.1 Å². The minimum absolute atomic E-state index is 0.0662. The number of hydrogen-bond acceptors (Lipinski definition) is 3.